The van der Waals surface area contributed by atoms with E-state index < -0.39 is 0 Å². The zero-order chi connectivity index (χ0) is 13.9. The molecular weight excluding hydrogens is 335 g/mol. The van der Waals surface area contributed by atoms with Gasteiger partial charge in [-0.25, -0.2) is 22.8 Å². The summed E-state index contributed by atoms with van der Waals surface area (Å²) >= 11 is 0. The van der Waals surface area contributed by atoms with Crippen molar-refractivity contribution in [1.29, 1.82) is 0 Å². The molecule has 3 rings (SSSR count). The molecule has 0 spiro atoms. The van der Waals surface area contributed by atoms with E-state index in [1.54, 1.807) is 6.20 Å². The third-order valence-corrected chi connectivity index (χ3v) is 3.25. The third-order valence-electron chi connectivity index (χ3n) is 3.25. The first-order valence-corrected chi connectivity index (χ1v) is 6.42. The summed E-state index contributed by atoms with van der Waals surface area (Å²) in [5.41, 5.74) is 5.08. The molecule has 3 aromatic rings. The number of benzene rings is 1. The van der Waals surface area contributed by atoms with E-state index in [4.69, 9.17) is 0 Å². The summed E-state index contributed by atoms with van der Waals surface area (Å²) in [5, 5.41) is 0. The Kier molecular flexibility index (Phi) is 5.32. The number of aryl methyl sites for hydroxylation is 2. The van der Waals surface area contributed by atoms with Crippen LogP contribution in [0.2, 0.25) is 0 Å². The third kappa shape index (κ3) is 3.42. The van der Waals surface area contributed by atoms with Gasteiger partial charge < -0.3 is 4.98 Å². The van der Waals surface area contributed by atoms with Crippen LogP contribution in [0.1, 0.15) is 5.56 Å². The van der Waals surface area contributed by atoms with Crippen LogP contribution in [0.25, 0.3) is 22.5 Å². The van der Waals surface area contributed by atoms with Gasteiger partial charge in [-0.3, -0.25) is 10.5 Å². The molecule has 0 amide bonds. The zero-order valence-electron chi connectivity index (χ0n) is 12.0. The summed E-state index contributed by atoms with van der Waals surface area (Å²) in [7, 11) is 2.03. The van der Waals surface area contributed by atoms with Crippen LogP contribution in [-0.4, -0.2) is 9.97 Å². The Balaban J connectivity index is 0.00000161. The van der Waals surface area contributed by atoms with Gasteiger partial charge in [0.1, 0.15) is 19.1 Å². The van der Waals surface area contributed by atoms with Crippen molar-refractivity contribution in [2.24, 2.45) is 7.05 Å². The largest absolute Gasteiger partial charge is 0.315 e. The molecule has 2 aromatic heterocycles. The van der Waals surface area contributed by atoms with E-state index in [2.05, 4.69) is 45.7 Å². The average Bonchev–Trinajstić information content (AvgIpc) is 2.49. The summed E-state index contributed by atoms with van der Waals surface area (Å²) < 4.78 is 2.09. The van der Waals surface area contributed by atoms with E-state index >= 15 is 0 Å². The van der Waals surface area contributed by atoms with Crippen LogP contribution in [-0.2, 0) is 39.8 Å². The van der Waals surface area contributed by atoms with E-state index in [9.17, 15) is 0 Å². The van der Waals surface area contributed by atoms with Gasteiger partial charge in [-0.2, -0.15) is 5.69 Å². The van der Waals surface area contributed by atoms with Crippen LogP contribution in [0, 0.1) is 19.1 Å². The summed E-state index contributed by atoms with van der Waals surface area (Å²) in [6, 6.07) is 16.7. The maximum Gasteiger partial charge on any atom is 0.161 e. The summed E-state index contributed by atoms with van der Waals surface area (Å²) in [4.78, 5) is 8.13. The predicted molar refractivity (Wildman–Crippen MR) is 76.5 cm³/mol. The number of aromatic nitrogens is 3. The van der Waals surface area contributed by atoms with E-state index in [0.717, 1.165) is 22.5 Å². The number of hydrogen-bond acceptors (Lipinski definition) is 2. The molecule has 0 aliphatic rings. The first kappa shape index (κ1) is 15.9. The van der Waals surface area contributed by atoms with Gasteiger partial charge in [0.05, 0.1) is 0 Å². The molecule has 0 saturated heterocycles. The number of nitrogens with zero attached hydrogens (tertiary/aromatic N) is 3. The molecule has 3 nitrogen and oxygen atoms in total. The molecular formula is C17H14N3Y-. The molecule has 101 valence electrons. The van der Waals surface area contributed by atoms with Crippen LogP contribution in [0.5, 0.6) is 0 Å². The molecule has 4 heteroatoms. The molecule has 0 N–H and O–H groups in total. The molecule has 0 aliphatic heterocycles. The van der Waals surface area contributed by atoms with Gasteiger partial charge in [0.2, 0.25) is 0 Å². The van der Waals surface area contributed by atoms with E-state index in [1.807, 2.05) is 31.4 Å². The fraction of sp³-hybridized carbons (Fsp3) is 0.118. The van der Waals surface area contributed by atoms with E-state index in [1.165, 1.54) is 11.9 Å². The Bertz CT molecular complexity index is 742. The topological polar surface area (TPSA) is 29.7 Å². The minimum absolute atomic E-state index is 0. The van der Waals surface area contributed by atoms with Gasteiger partial charge in [-0.1, -0.05) is 24.8 Å². The van der Waals surface area contributed by atoms with Gasteiger partial charge in [-0.15, -0.1) is 11.6 Å². The minimum atomic E-state index is 0. The van der Waals surface area contributed by atoms with Crippen molar-refractivity contribution >= 4 is 0 Å². The summed E-state index contributed by atoms with van der Waals surface area (Å²) in [6.07, 6.45) is 5.19. The Morgan fingerprint density at radius 1 is 1.14 bits per heavy atom. The van der Waals surface area contributed by atoms with Crippen LogP contribution in [0.4, 0.5) is 0 Å². The first-order chi connectivity index (χ1) is 9.75. The molecule has 1 aromatic carbocycles. The Morgan fingerprint density at radius 3 is 2.71 bits per heavy atom. The average molecular weight is 349 g/mol. The minimum Gasteiger partial charge on any atom is -0.315 e. The fourth-order valence-electron chi connectivity index (χ4n) is 2.16. The maximum atomic E-state index is 4.23. The molecule has 1 radical (unpaired) electrons. The molecule has 0 aliphatic carbocycles. The Morgan fingerprint density at radius 2 is 2.00 bits per heavy atom. The van der Waals surface area contributed by atoms with Crippen LogP contribution in [0.3, 0.4) is 0 Å². The second-order valence-electron chi connectivity index (χ2n) is 4.64. The Labute approximate surface area is 150 Å². The van der Waals surface area contributed by atoms with Crippen molar-refractivity contribution in [3.8, 4) is 22.5 Å². The molecule has 21 heavy (non-hydrogen) atoms. The number of rotatable bonds is 2. The van der Waals surface area contributed by atoms with Crippen LogP contribution >= 0.6 is 0 Å². The van der Waals surface area contributed by atoms with Crippen LogP contribution in [0.15, 0.2) is 49.1 Å². The van der Waals surface area contributed by atoms with Gasteiger partial charge >= 0.3 is 0 Å². The quantitative estimate of drug-likeness (QED) is 0.526. The SMILES string of the molecule is Cc1ccc(-c2[c-]cncn2)[c-]c1-c1cccc[n+]1C.[Y]. The summed E-state index contributed by atoms with van der Waals surface area (Å²) in [5.74, 6) is 0. The standard InChI is InChI=1S/C17H14N3.Y/c1-13-6-7-14(16-8-9-18-12-19-16)11-15(13)17-5-3-4-10-20(17)2;/h3-7,9-10,12H,1-2H3;/q-1;. The molecule has 0 unspecified atom stereocenters. The van der Waals surface area contributed by atoms with Crippen LogP contribution < -0.4 is 4.57 Å². The van der Waals surface area contributed by atoms with E-state index in [-0.39, 0.29) is 32.7 Å². The van der Waals surface area contributed by atoms with Gasteiger partial charge in [0.25, 0.3) is 0 Å². The zero-order valence-corrected chi connectivity index (χ0v) is 14.9. The molecule has 2 heterocycles. The molecule has 0 bridgehead atoms. The second-order valence-corrected chi connectivity index (χ2v) is 4.64. The fourth-order valence-corrected chi connectivity index (χ4v) is 2.16. The van der Waals surface area contributed by atoms with Crippen molar-refractivity contribution in [2.75, 3.05) is 0 Å². The van der Waals surface area contributed by atoms with Gasteiger partial charge in [0, 0.05) is 38.8 Å². The van der Waals surface area contributed by atoms with Crippen molar-refractivity contribution in [3.63, 3.8) is 0 Å². The summed E-state index contributed by atoms with van der Waals surface area (Å²) in [6.45, 7) is 2.09. The molecule has 0 atom stereocenters. The normalized spacial score (nSPS) is 10.0. The van der Waals surface area contributed by atoms with Crippen molar-refractivity contribution in [1.82, 2.24) is 9.97 Å². The van der Waals surface area contributed by atoms with E-state index in [0.29, 0.717) is 0 Å². The van der Waals surface area contributed by atoms with Crippen molar-refractivity contribution in [3.05, 3.63) is 66.7 Å². The van der Waals surface area contributed by atoms with Gasteiger partial charge in [0.15, 0.2) is 6.20 Å². The predicted octanol–water partition coefficient (Wildman–Crippen LogP) is 2.54. The Hall–Kier alpha value is -1.45. The monoisotopic (exact) mass is 349 g/mol. The van der Waals surface area contributed by atoms with Gasteiger partial charge in [-0.05, 0) is 6.07 Å². The molecule has 0 fully saturated rings. The molecule has 0 saturated carbocycles. The van der Waals surface area contributed by atoms with Crippen molar-refractivity contribution < 1.29 is 37.3 Å². The number of hydrogen-bond donors (Lipinski definition) is 0. The smallest absolute Gasteiger partial charge is 0.161 e. The first-order valence-electron chi connectivity index (χ1n) is 6.42. The second kappa shape index (κ2) is 7.01. The maximum absolute atomic E-state index is 4.23. The van der Waals surface area contributed by atoms with Crippen molar-refractivity contribution in [2.45, 2.75) is 6.92 Å². The number of pyridine rings is 1.